The fourth-order valence-electron chi connectivity index (χ4n) is 1.74. The van der Waals surface area contributed by atoms with Crippen molar-refractivity contribution in [1.29, 1.82) is 0 Å². The lowest BCUT2D eigenvalue weighted by atomic mass is 10.2. The topological polar surface area (TPSA) is 26.0 Å². The zero-order chi connectivity index (χ0) is 13.8. The van der Waals surface area contributed by atoms with Gasteiger partial charge in [0.2, 0.25) is 0 Å². The van der Waals surface area contributed by atoms with E-state index in [4.69, 9.17) is 17.3 Å². The standard InChI is InChI=1S/C14H15BrClNS2/c1-9(17)14(12-6-7-13(15)19-12)18-8-10-2-4-11(16)5-3-10/h2-7,9,14H,8,17H2,1H3. The highest BCUT2D eigenvalue weighted by Gasteiger charge is 2.18. The molecular formula is C14H15BrClNS2. The number of thiophene rings is 1. The SMILES string of the molecule is CC(N)C(SCc1ccc(Cl)cc1)c1ccc(Br)s1. The summed E-state index contributed by atoms with van der Waals surface area (Å²) >= 11 is 13.0. The van der Waals surface area contributed by atoms with E-state index in [2.05, 4.69) is 47.1 Å². The third kappa shape index (κ3) is 4.50. The van der Waals surface area contributed by atoms with Gasteiger partial charge in [-0.3, -0.25) is 0 Å². The van der Waals surface area contributed by atoms with Gasteiger partial charge in [0.1, 0.15) is 0 Å². The van der Waals surface area contributed by atoms with Crippen LogP contribution in [0.5, 0.6) is 0 Å². The second-order valence-corrected chi connectivity index (χ2v) is 8.42. The van der Waals surface area contributed by atoms with E-state index in [0.29, 0.717) is 5.25 Å². The van der Waals surface area contributed by atoms with Crippen molar-refractivity contribution >= 4 is 50.6 Å². The molecule has 1 aromatic carbocycles. The summed E-state index contributed by atoms with van der Waals surface area (Å²) in [6, 6.07) is 12.4. The van der Waals surface area contributed by atoms with Gasteiger partial charge in [0.05, 0.1) is 9.04 Å². The van der Waals surface area contributed by atoms with Crippen molar-refractivity contribution in [2.45, 2.75) is 24.0 Å². The van der Waals surface area contributed by atoms with Gasteiger partial charge in [-0.1, -0.05) is 23.7 Å². The molecule has 0 saturated carbocycles. The zero-order valence-electron chi connectivity index (χ0n) is 10.5. The summed E-state index contributed by atoms with van der Waals surface area (Å²) in [6.45, 7) is 2.06. The Labute approximate surface area is 135 Å². The number of hydrogen-bond donors (Lipinski definition) is 1. The molecule has 0 radical (unpaired) electrons. The molecule has 2 unspecified atom stereocenters. The highest BCUT2D eigenvalue weighted by Crippen LogP contribution is 2.38. The molecule has 102 valence electrons. The van der Waals surface area contributed by atoms with Crippen LogP contribution in [0.3, 0.4) is 0 Å². The summed E-state index contributed by atoms with van der Waals surface area (Å²) in [4.78, 5) is 1.32. The predicted octanol–water partition coefficient (Wildman–Crippen LogP) is 5.49. The summed E-state index contributed by atoms with van der Waals surface area (Å²) in [5, 5.41) is 1.10. The third-order valence-corrected chi connectivity index (χ3v) is 6.35. The summed E-state index contributed by atoms with van der Waals surface area (Å²) < 4.78 is 1.15. The van der Waals surface area contributed by atoms with Crippen LogP contribution in [-0.4, -0.2) is 6.04 Å². The maximum Gasteiger partial charge on any atom is 0.0701 e. The normalized spacial score (nSPS) is 14.3. The quantitative estimate of drug-likeness (QED) is 0.747. The van der Waals surface area contributed by atoms with Crippen LogP contribution in [0.25, 0.3) is 0 Å². The van der Waals surface area contributed by atoms with E-state index in [-0.39, 0.29) is 6.04 Å². The maximum absolute atomic E-state index is 6.12. The Hall–Kier alpha value is -0.0000000000000000833. The summed E-state index contributed by atoms with van der Waals surface area (Å²) in [5.41, 5.74) is 7.39. The van der Waals surface area contributed by atoms with Crippen molar-refractivity contribution in [2.75, 3.05) is 0 Å². The summed E-state index contributed by atoms with van der Waals surface area (Å²) in [6.07, 6.45) is 0. The molecule has 19 heavy (non-hydrogen) atoms. The lowest BCUT2D eigenvalue weighted by Gasteiger charge is -2.19. The molecule has 2 atom stereocenters. The van der Waals surface area contributed by atoms with E-state index in [1.807, 2.05) is 23.9 Å². The van der Waals surface area contributed by atoms with Crippen LogP contribution in [0.4, 0.5) is 0 Å². The van der Waals surface area contributed by atoms with Crippen LogP contribution < -0.4 is 5.73 Å². The molecule has 2 rings (SSSR count). The highest BCUT2D eigenvalue weighted by atomic mass is 79.9. The van der Waals surface area contributed by atoms with Gasteiger partial charge < -0.3 is 5.73 Å². The summed E-state index contributed by atoms with van der Waals surface area (Å²) in [5.74, 6) is 0.943. The van der Waals surface area contributed by atoms with Crippen molar-refractivity contribution in [1.82, 2.24) is 0 Å². The predicted molar refractivity (Wildman–Crippen MR) is 91.2 cm³/mol. The molecule has 2 aromatic rings. The van der Waals surface area contributed by atoms with Crippen molar-refractivity contribution in [3.63, 3.8) is 0 Å². The molecule has 1 aromatic heterocycles. The Morgan fingerprint density at radius 1 is 1.26 bits per heavy atom. The smallest absolute Gasteiger partial charge is 0.0701 e. The van der Waals surface area contributed by atoms with Gasteiger partial charge in [0.15, 0.2) is 0 Å². The van der Waals surface area contributed by atoms with Crippen LogP contribution >= 0.6 is 50.6 Å². The first kappa shape index (κ1) is 15.4. The van der Waals surface area contributed by atoms with Gasteiger partial charge in [0, 0.05) is 21.7 Å². The van der Waals surface area contributed by atoms with E-state index >= 15 is 0 Å². The van der Waals surface area contributed by atoms with Gasteiger partial charge in [0.25, 0.3) is 0 Å². The van der Waals surface area contributed by atoms with Crippen LogP contribution in [-0.2, 0) is 5.75 Å². The number of thioether (sulfide) groups is 1. The molecule has 0 aliphatic rings. The van der Waals surface area contributed by atoms with E-state index in [0.717, 1.165) is 14.6 Å². The van der Waals surface area contributed by atoms with Crippen LogP contribution in [0.1, 0.15) is 22.6 Å². The molecule has 1 heterocycles. The van der Waals surface area contributed by atoms with Gasteiger partial charge in [-0.25, -0.2) is 0 Å². The third-order valence-electron chi connectivity index (χ3n) is 2.69. The zero-order valence-corrected chi connectivity index (χ0v) is 14.5. The second kappa shape index (κ2) is 7.14. The number of halogens is 2. The van der Waals surface area contributed by atoms with Crippen LogP contribution in [0.15, 0.2) is 40.2 Å². The monoisotopic (exact) mass is 375 g/mol. The van der Waals surface area contributed by atoms with Crippen LogP contribution in [0.2, 0.25) is 5.02 Å². The fourth-order valence-corrected chi connectivity index (χ4v) is 4.85. The van der Waals surface area contributed by atoms with Crippen molar-refractivity contribution in [3.05, 3.63) is 55.6 Å². The minimum absolute atomic E-state index is 0.128. The minimum atomic E-state index is 0.128. The largest absolute Gasteiger partial charge is 0.327 e. The molecule has 0 aliphatic heterocycles. The molecule has 0 fully saturated rings. The lowest BCUT2D eigenvalue weighted by Crippen LogP contribution is -2.22. The second-order valence-electron chi connectivity index (χ2n) is 4.36. The van der Waals surface area contributed by atoms with Gasteiger partial charge in [-0.2, -0.15) is 0 Å². The first-order chi connectivity index (χ1) is 9.06. The van der Waals surface area contributed by atoms with Gasteiger partial charge in [-0.15, -0.1) is 23.1 Å². The molecule has 0 bridgehead atoms. The Morgan fingerprint density at radius 3 is 2.47 bits per heavy atom. The number of benzene rings is 1. The molecule has 1 nitrogen and oxygen atoms in total. The maximum atomic E-state index is 6.12. The fraction of sp³-hybridized carbons (Fsp3) is 0.286. The van der Waals surface area contributed by atoms with E-state index in [9.17, 15) is 0 Å². The van der Waals surface area contributed by atoms with Crippen molar-refractivity contribution < 1.29 is 0 Å². The average molecular weight is 377 g/mol. The minimum Gasteiger partial charge on any atom is -0.327 e. The average Bonchev–Trinajstić information content (AvgIpc) is 2.78. The summed E-state index contributed by atoms with van der Waals surface area (Å²) in [7, 11) is 0. The Kier molecular flexibility index (Phi) is 5.78. The van der Waals surface area contributed by atoms with Crippen molar-refractivity contribution in [2.24, 2.45) is 5.73 Å². The van der Waals surface area contributed by atoms with E-state index in [1.165, 1.54) is 10.4 Å². The van der Waals surface area contributed by atoms with E-state index < -0.39 is 0 Å². The lowest BCUT2D eigenvalue weighted by molar-refractivity contribution is 0.730. The molecule has 5 heteroatoms. The van der Waals surface area contributed by atoms with Crippen LogP contribution in [0, 0.1) is 0 Å². The molecular weight excluding hydrogens is 362 g/mol. The molecule has 2 N–H and O–H groups in total. The Morgan fingerprint density at radius 2 is 1.95 bits per heavy atom. The number of hydrogen-bond acceptors (Lipinski definition) is 3. The molecule has 0 amide bonds. The first-order valence-electron chi connectivity index (χ1n) is 5.93. The Bertz CT molecular complexity index is 524. The van der Waals surface area contributed by atoms with Gasteiger partial charge >= 0.3 is 0 Å². The van der Waals surface area contributed by atoms with Gasteiger partial charge in [-0.05, 0) is 52.7 Å². The van der Waals surface area contributed by atoms with Crippen molar-refractivity contribution in [3.8, 4) is 0 Å². The molecule has 0 saturated heterocycles. The molecule has 0 spiro atoms. The Balaban J connectivity index is 2.03. The highest BCUT2D eigenvalue weighted by molar-refractivity contribution is 9.11. The molecule has 0 aliphatic carbocycles. The first-order valence-corrected chi connectivity index (χ1v) is 8.97. The number of rotatable bonds is 5. The number of nitrogens with two attached hydrogens (primary N) is 1. The van der Waals surface area contributed by atoms with E-state index in [1.54, 1.807) is 11.3 Å².